The zero-order valence-corrected chi connectivity index (χ0v) is 12.0. The van der Waals surface area contributed by atoms with Crippen LogP contribution in [0.4, 0.5) is 0 Å². The fraction of sp³-hybridized carbons (Fsp3) is 0.462. The Kier molecular flexibility index (Phi) is 3.35. The molecule has 4 heterocycles. The first-order valence-corrected chi connectivity index (χ1v) is 6.75. The van der Waals surface area contributed by atoms with Gasteiger partial charge in [-0.1, -0.05) is 0 Å². The molecule has 1 aliphatic heterocycles. The van der Waals surface area contributed by atoms with Crippen molar-refractivity contribution in [3.05, 3.63) is 24.3 Å². The van der Waals surface area contributed by atoms with Crippen LogP contribution in [-0.4, -0.2) is 37.2 Å². The number of nitrogens with one attached hydrogen (secondary N) is 2. The van der Waals surface area contributed by atoms with Gasteiger partial charge in [0.15, 0.2) is 11.3 Å². The van der Waals surface area contributed by atoms with Crippen LogP contribution >= 0.6 is 12.4 Å². The summed E-state index contributed by atoms with van der Waals surface area (Å²) in [6.45, 7) is 3.32. The molecule has 0 radical (unpaired) electrons. The summed E-state index contributed by atoms with van der Waals surface area (Å²) in [5.74, 6) is 1.45. The van der Waals surface area contributed by atoms with Crippen LogP contribution in [0.3, 0.4) is 0 Å². The smallest absolute Gasteiger partial charge is 0.179 e. The van der Waals surface area contributed by atoms with E-state index in [0.29, 0.717) is 12.0 Å². The van der Waals surface area contributed by atoms with Crippen molar-refractivity contribution in [2.45, 2.75) is 31.7 Å². The first-order valence-electron chi connectivity index (χ1n) is 6.75. The second kappa shape index (κ2) is 5.03. The molecule has 4 rings (SSSR count). The van der Waals surface area contributed by atoms with E-state index in [1.165, 1.54) is 6.42 Å². The molecule has 1 saturated heterocycles. The number of halogens is 1. The maximum Gasteiger partial charge on any atom is 0.179 e. The third-order valence-electron chi connectivity index (χ3n) is 4.06. The lowest BCUT2D eigenvalue weighted by Crippen LogP contribution is -2.38. The monoisotopic (exact) mass is 292 g/mol. The number of aromatic nitrogens is 5. The van der Waals surface area contributed by atoms with Crippen LogP contribution in [0.2, 0.25) is 0 Å². The topological polar surface area (TPSA) is 70.9 Å². The Labute approximate surface area is 122 Å². The minimum atomic E-state index is 0. The molecule has 0 saturated carbocycles. The summed E-state index contributed by atoms with van der Waals surface area (Å²) in [7, 11) is 0. The summed E-state index contributed by atoms with van der Waals surface area (Å²) in [4.78, 5) is 7.49. The van der Waals surface area contributed by atoms with E-state index in [9.17, 15) is 0 Å². The lowest BCUT2D eigenvalue weighted by atomic mass is 9.91. The molecular formula is C13H17ClN6. The fourth-order valence-corrected chi connectivity index (χ4v) is 3.03. The van der Waals surface area contributed by atoms with Gasteiger partial charge in [-0.2, -0.15) is 0 Å². The van der Waals surface area contributed by atoms with Crippen LogP contribution in [0.1, 0.15) is 31.5 Å². The minimum Gasteiger partial charge on any atom is -0.345 e. The Morgan fingerprint density at radius 1 is 1.35 bits per heavy atom. The van der Waals surface area contributed by atoms with Crippen molar-refractivity contribution in [2.24, 2.45) is 0 Å². The average molecular weight is 293 g/mol. The Morgan fingerprint density at radius 3 is 3.10 bits per heavy atom. The number of hydrogen-bond acceptors (Lipinski definition) is 4. The van der Waals surface area contributed by atoms with E-state index in [2.05, 4.69) is 36.8 Å². The number of H-pyrrole nitrogens is 1. The largest absolute Gasteiger partial charge is 0.345 e. The van der Waals surface area contributed by atoms with Gasteiger partial charge in [-0.3, -0.25) is 4.40 Å². The number of rotatable bonds is 1. The molecule has 20 heavy (non-hydrogen) atoms. The standard InChI is InChI=1S/C13H16N6.ClH/c1-8-9(3-2-5-14-8)13-18-17-11-7-16-12-10(19(11)13)4-6-15-12;/h4,6-9,14-15H,2-3,5H2,1H3;1H. The molecule has 3 aromatic heterocycles. The van der Waals surface area contributed by atoms with Gasteiger partial charge in [0.2, 0.25) is 0 Å². The maximum absolute atomic E-state index is 4.42. The molecule has 0 amide bonds. The lowest BCUT2D eigenvalue weighted by Gasteiger charge is -2.28. The summed E-state index contributed by atoms with van der Waals surface area (Å²) < 4.78 is 2.13. The quantitative estimate of drug-likeness (QED) is 0.718. The van der Waals surface area contributed by atoms with Gasteiger partial charge in [-0.05, 0) is 32.4 Å². The SMILES string of the molecule is CC1NCCCC1c1nnc2cnc3[nH]ccc3n12.Cl. The van der Waals surface area contributed by atoms with Crippen molar-refractivity contribution < 1.29 is 0 Å². The van der Waals surface area contributed by atoms with Gasteiger partial charge < -0.3 is 10.3 Å². The molecule has 1 fully saturated rings. The van der Waals surface area contributed by atoms with E-state index in [4.69, 9.17) is 0 Å². The second-order valence-electron chi connectivity index (χ2n) is 5.21. The molecule has 7 heteroatoms. The molecule has 0 bridgehead atoms. The number of aromatic amines is 1. The number of hydrogen-bond donors (Lipinski definition) is 2. The number of fused-ring (bicyclic) bond motifs is 3. The van der Waals surface area contributed by atoms with Crippen LogP contribution in [0.5, 0.6) is 0 Å². The van der Waals surface area contributed by atoms with Crippen molar-refractivity contribution in [1.82, 2.24) is 29.9 Å². The van der Waals surface area contributed by atoms with E-state index in [1.807, 2.05) is 12.3 Å². The van der Waals surface area contributed by atoms with Crippen LogP contribution in [0.25, 0.3) is 16.8 Å². The molecule has 0 spiro atoms. The number of piperidine rings is 1. The molecule has 106 valence electrons. The summed E-state index contributed by atoms with van der Waals surface area (Å²) in [5.41, 5.74) is 2.75. The van der Waals surface area contributed by atoms with Crippen molar-refractivity contribution >= 4 is 29.2 Å². The number of nitrogens with zero attached hydrogens (tertiary/aromatic N) is 4. The van der Waals surface area contributed by atoms with Gasteiger partial charge in [0.1, 0.15) is 5.82 Å². The Hall–Kier alpha value is -1.66. The third kappa shape index (κ3) is 1.87. The predicted molar refractivity (Wildman–Crippen MR) is 79.3 cm³/mol. The van der Waals surface area contributed by atoms with E-state index in [1.54, 1.807) is 6.20 Å². The van der Waals surface area contributed by atoms with Crippen molar-refractivity contribution in [3.8, 4) is 0 Å². The Morgan fingerprint density at radius 2 is 2.25 bits per heavy atom. The van der Waals surface area contributed by atoms with E-state index in [-0.39, 0.29) is 12.4 Å². The van der Waals surface area contributed by atoms with Crippen LogP contribution in [0, 0.1) is 0 Å². The van der Waals surface area contributed by atoms with Gasteiger partial charge in [0.25, 0.3) is 0 Å². The van der Waals surface area contributed by atoms with Crippen LogP contribution in [0.15, 0.2) is 18.5 Å². The van der Waals surface area contributed by atoms with Crippen molar-refractivity contribution in [2.75, 3.05) is 6.54 Å². The molecule has 1 aliphatic rings. The molecule has 0 aliphatic carbocycles. The summed E-state index contributed by atoms with van der Waals surface area (Å²) in [6.07, 6.45) is 6.02. The Bertz CT molecular complexity index is 733. The average Bonchev–Trinajstić information content (AvgIpc) is 3.04. The summed E-state index contributed by atoms with van der Waals surface area (Å²) in [6, 6.07) is 2.46. The van der Waals surface area contributed by atoms with Crippen molar-refractivity contribution in [1.29, 1.82) is 0 Å². The fourth-order valence-electron chi connectivity index (χ4n) is 3.03. The van der Waals surface area contributed by atoms with E-state index in [0.717, 1.165) is 35.6 Å². The first kappa shape index (κ1) is 13.3. The molecule has 2 atom stereocenters. The summed E-state index contributed by atoms with van der Waals surface area (Å²) >= 11 is 0. The Balaban J connectivity index is 0.00000121. The molecule has 3 aromatic rings. The van der Waals surface area contributed by atoms with E-state index < -0.39 is 0 Å². The zero-order chi connectivity index (χ0) is 12.8. The zero-order valence-electron chi connectivity index (χ0n) is 11.2. The lowest BCUT2D eigenvalue weighted by molar-refractivity contribution is 0.358. The maximum atomic E-state index is 4.42. The highest BCUT2D eigenvalue weighted by molar-refractivity contribution is 5.85. The summed E-state index contributed by atoms with van der Waals surface area (Å²) in [5, 5.41) is 12.2. The normalized spacial score (nSPS) is 23.1. The molecule has 6 nitrogen and oxygen atoms in total. The molecule has 2 N–H and O–H groups in total. The highest BCUT2D eigenvalue weighted by atomic mass is 35.5. The molecule has 0 aromatic carbocycles. The van der Waals surface area contributed by atoms with Gasteiger partial charge >= 0.3 is 0 Å². The highest BCUT2D eigenvalue weighted by Gasteiger charge is 2.27. The van der Waals surface area contributed by atoms with Crippen molar-refractivity contribution in [3.63, 3.8) is 0 Å². The van der Waals surface area contributed by atoms with Crippen LogP contribution in [-0.2, 0) is 0 Å². The van der Waals surface area contributed by atoms with Crippen LogP contribution < -0.4 is 5.32 Å². The van der Waals surface area contributed by atoms with Gasteiger partial charge in [0.05, 0.1) is 11.7 Å². The highest BCUT2D eigenvalue weighted by Crippen LogP contribution is 2.28. The predicted octanol–water partition coefficient (Wildman–Crippen LogP) is 1.88. The third-order valence-corrected chi connectivity index (χ3v) is 4.06. The first-order chi connectivity index (χ1) is 9.34. The molecular weight excluding hydrogens is 276 g/mol. The van der Waals surface area contributed by atoms with Gasteiger partial charge in [-0.15, -0.1) is 22.6 Å². The second-order valence-corrected chi connectivity index (χ2v) is 5.21. The molecule has 2 unspecified atom stereocenters. The minimum absolute atomic E-state index is 0. The van der Waals surface area contributed by atoms with Gasteiger partial charge in [0, 0.05) is 18.2 Å². The van der Waals surface area contributed by atoms with Gasteiger partial charge in [-0.25, -0.2) is 4.98 Å². The van der Waals surface area contributed by atoms with E-state index >= 15 is 0 Å².